The lowest BCUT2D eigenvalue weighted by Gasteiger charge is -2.13. The van der Waals surface area contributed by atoms with Crippen LogP contribution in [0.1, 0.15) is 11.1 Å². The number of carboxylic acids is 1. The van der Waals surface area contributed by atoms with Gasteiger partial charge in [-0.3, -0.25) is 9.69 Å². The molecule has 0 fully saturated rings. The SMILES string of the molecule is CN(CCc1ccc(OCc2ccccc2)cc1)CC(=O)O. The third kappa shape index (κ3) is 5.58. The van der Waals surface area contributed by atoms with Gasteiger partial charge in [0.05, 0.1) is 6.54 Å². The summed E-state index contributed by atoms with van der Waals surface area (Å²) in [6.45, 7) is 1.34. The molecule has 0 saturated carbocycles. The van der Waals surface area contributed by atoms with Crippen molar-refractivity contribution < 1.29 is 14.6 Å². The number of rotatable bonds is 8. The molecule has 0 bridgehead atoms. The number of hydrogen-bond donors (Lipinski definition) is 1. The van der Waals surface area contributed by atoms with Gasteiger partial charge >= 0.3 is 5.97 Å². The standard InChI is InChI=1S/C18H21NO3/c1-19(13-18(20)21)12-11-15-7-9-17(10-8-15)22-14-16-5-3-2-4-6-16/h2-10H,11-14H2,1H3,(H,20,21). The van der Waals surface area contributed by atoms with Crippen LogP contribution in [0, 0.1) is 0 Å². The van der Waals surface area contributed by atoms with Crippen molar-refractivity contribution in [3.8, 4) is 5.75 Å². The van der Waals surface area contributed by atoms with E-state index in [1.807, 2.05) is 61.6 Å². The summed E-state index contributed by atoms with van der Waals surface area (Å²) in [5.41, 5.74) is 2.31. The van der Waals surface area contributed by atoms with Crippen molar-refractivity contribution in [3.63, 3.8) is 0 Å². The summed E-state index contributed by atoms with van der Waals surface area (Å²) < 4.78 is 5.74. The Morgan fingerprint density at radius 2 is 1.73 bits per heavy atom. The smallest absolute Gasteiger partial charge is 0.317 e. The van der Waals surface area contributed by atoms with Crippen molar-refractivity contribution in [2.24, 2.45) is 0 Å². The number of hydrogen-bond acceptors (Lipinski definition) is 3. The highest BCUT2D eigenvalue weighted by Crippen LogP contribution is 2.14. The fraction of sp³-hybridized carbons (Fsp3) is 0.278. The molecule has 0 aliphatic rings. The molecule has 0 unspecified atom stereocenters. The third-order valence-electron chi connectivity index (χ3n) is 3.36. The van der Waals surface area contributed by atoms with Crippen LogP contribution in [0.25, 0.3) is 0 Å². The maximum absolute atomic E-state index is 10.6. The maximum Gasteiger partial charge on any atom is 0.317 e. The van der Waals surface area contributed by atoms with Crippen molar-refractivity contribution in [1.82, 2.24) is 4.90 Å². The number of carbonyl (C=O) groups is 1. The number of aliphatic carboxylic acids is 1. The Balaban J connectivity index is 1.79. The minimum absolute atomic E-state index is 0.0677. The quantitative estimate of drug-likeness (QED) is 0.814. The molecule has 2 aromatic carbocycles. The number of nitrogens with zero attached hydrogens (tertiary/aromatic N) is 1. The highest BCUT2D eigenvalue weighted by atomic mass is 16.5. The Morgan fingerprint density at radius 3 is 2.36 bits per heavy atom. The van der Waals surface area contributed by atoms with Gasteiger partial charge in [-0.1, -0.05) is 42.5 Å². The van der Waals surface area contributed by atoms with E-state index in [0.29, 0.717) is 6.61 Å². The predicted octanol–water partition coefficient (Wildman–Crippen LogP) is 2.82. The minimum Gasteiger partial charge on any atom is -0.489 e. The largest absolute Gasteiger partial charge is 0.489 e. The highest BCUT2D eigenvalue weighted by molar-refractivity contribution is 5.69. The summed E-state index contributed by atoms with van der Waals surface area (Å²) in [5, 5.41) is 8.71. The first-order valence-corrected chi connectivity index (χ1v) is 7.29. The molecule has 0 saturated heterocycles. The van der Waals surface area contributed by atoms with Crippen LogP contribution in [0.5, 0.6) is 5.75 Å². The monoisotopic (exact) mass is 299 g/mol. The van der Waals surface area contributed by atoms with E-state index in [2.05, 4.69) is 0 Å². The molecule has 0 aliphatic carbocycles. The van der Waals surface area contributed by atoms with Crippen LogP contribution in [0.3, 0.4) is 0 Å². The van der Waals surface area contributed by atoms with Gasteiger partial charge in [0.1, 0.15) is 12.4 Å². The van der Waals surface area contributed by atoms with Gasteiger partial charge in [-0.05, 0) is 36.7 Å². The first-order valence-electron chi connectivity index (χ1n) is 7.29. The fourth-order valence-electron chi connectivity index (χ4n) is 2.12. The van der Waals surface area contributed by atoms with E-state index in [9.17, 15) is 4.79 Å². The molecule has 2 aromatic rings. The predicted molar refractivity (Wildman–Crippen MR) is 86.1 cm³/mol. The maximum atomic E-state index is 10.6. The molecule has 4 nitrogen and oxygen atoms in total. The molecular weight excluding hydrogens is 278 g/mol. The second-order valence-corrected chi connectivity index (χ2v) is 5.30. The van der Waals surface area contributed by atoms with Gasteiger partial charge in [-0.25, -0.2) is 0 Å². The molecule has 2 rings (SSSR count). The van der Waals surface area contributed by atoms with E-state index in [4.69, 9.17) is 9.84 Å². The number of likely N-dealkylation sites (N-methyl/N-ethyl adjacent to an activating group) is 1. The molecule has 0 radical (unpaired) electrons. The van der Waals surface area contributed by atoms with E-state index < -0.39 is 5.97 Å². The summed E-state index contributed by atoms with van der Waals surface area (Å²) in [6.07, 6.45) is 0.822. The van der Waals surface area contributed by atoms with Crippen LogP contribution in [-0.2, 0) is 17.8 Å². The molecule has 0 aliphatic heterocycles. The first-order chi connectivity index (χ1) is 10.6. The zero-order valence-corrected chi connectivity index (χ0v) is 12.7. The number of benzene rings is 2. The molecule has 0 amide bonds. The van der Waals surface area contributed by atoms with Crippen LogP contribution in [0.15, 0.2) is 54.6 Å². The Hall–Kier alpha value is -2.33. The lowest BCUT2D eigenvalue weighted by Crippen LogP contribution is -2.27. The average Bonchev–Trinajstić information content (AvgIpc) is 2.52. The van der Waals surface area contributed by atoms with Gasteiger partial charge in [-0.2, -0.15) is 0 Å². The Morgan fingerprint density at radius 1 is 1.05 bits per heavy atom. The summed E-state index contributed by atoms with van der Waals surface area (Å²) >= 11 is 0. The van der Waals surface area contributed by atoms with Crippen LogP contribution in [0.4, 0.5) is 0 Å². The molecule has 22 heavy (non-hydrogen) atoms. The molecule has 4 heteroatoms. The van der Waals surface area contributed by atoms with Crippen molar-refractivity contribution >= 4 is 5.97 Å². The molecular formula is C18H21NO3. The summed E-state index contributed by atoms with van der Waals surface area (Å²) in [7, 11) is 1.81. The average molecular weight is 299 g/mol. The Bertz CT molecular complexity index is 581. The van der Waals surface area contributed by atoms with Crippen molar-refractivity contribution in [1.29, 1.82) is 0 Å². The fourth-order valence-corrected chi connectivity index (χ4v) is 2.12. The van der Waals surface area contributed by atoms with E-state index >= 15 is 0 Å². The minimum atomic E-state index is -0.799. The van der Waals surface area contributed by atoms with E-state index in [1.165, 1.54) is 5.56 Å². The first kappa shape index (κ1) is 16.0. The third-order valence-corrected chi connectivity index (χ3v) is 3.36. The Labute approximate surface area is 131 Å². The number of carboxylic acid groups (broad SMARTS) is 1. The van der Waals surface area contributed by atoms with Gasteiger partial charge in [0.15, 0.2) is 0 Å². The highest BCUT2D eigenvalue weighted by Gasteiger charge is 2.04. The lowest BCUT2D eigenvalue weighted by molar-refractivity contribution is -0.137. The van der Waals surface area contributed by atoms with Crippen molar-refractivity contribution in [3.05, 3.63) is 65.7 Å². The molecule has 1 N–H and O–H groups in total. The van der Waals surface area contributed by atoms with Crippen molar-refractivity contribution in [2.45, 2.75) is 13.0 Å². The second-order valence-electron chi connectivity index (χ2n) is 5.30. The van der Waals surface area contributed by atoms with Gasteiger partial charge in [0.25, 0.3) is 0 Å². The summed E-state index contributed by atoms with van der Waals surface area (Å²) in [5.74, 6) is 0.0404. The van der Waals surface area contributed by atoms with Crippen LogP contribution in [0.2, 0.25) is 0 Å². The molecule has 0 spiro atoms. The van der Waals surface area contributed by atoms with E-state index in [1.54, 1.807) is 4.90 Å². The number of ether oxygens (including phenoxy) is 1. The molecule has 0 aromatic heterocycles. The molecule has 116 valence electrons. The Kier molecular flexibility index (Phi) is 5.98. The van der Waals surface area contributed by atoms with Crippen LogP contribution < -0.4 is 4.74 Å². The topological polar surface area (TPSA) is 49.8 Å². The second kappa shape index (κ2) is 8.20. The van der Waals surface area contributed by atoms with Crippen molar-refractivity contribution in [2.75, 3.05) is 20.1 Å². The van der Waals surface area contributed by atoms with Gasteiger partial charge in [0.2, 0.25) is 0 Å². The zero-order valence-electron chi connectivity index (χ0n) is 12.7. The lowest BCUT2D eigenvalue weighted by atomic mass is 10.1. The van der Waals surface area contributed by atoms with Gasteiger partial charge in [-0.15, -0.1) is 0 Å². The van der Waals surface area contributed by atoms with Gasteiger partial charge < -0.3 is 9.84 Å². The zero-order chi connectivity index (χ0) is 15.8. The van der Waals surface area contributed by atoms with Gasteiger partial charge in [0, 0.05) is 6.54 Å². The molecule has 0 atom stereocenters. The van der Waals surface area contributed by atoms with E-state index in [-0.39, 0.29) is 6.54 Å². The summed E-state index contributed by atoms with van der Waals surface area (Å²) in [6, 6.07) is 18.0. The summed E-state index contributed by atoms with van der Waals surface area (Å²) in [4.78, 5) is 12.4. The molecule has 0 heterocycles. The van der Waals surface area contributed by atoms with E-state index in [0.717, 1.165) is 24.3 Å². The van der Waals surface area contributed by atoms with Crippen LogP contribution >= 0.6 is 0 Å². The normalized spacial score (nSPS) is 10.6. The van der Waals surface area contributed by atoms with Crippen LogP contribution in [-0.4, -0.2) is 36.1 Å².